The van der Waals surface area contributed by atoms with Gasteiger partial charge in [0.25, 0.3) is 5.70 Å². The molecular weight excluding hydrogens is 216 g/mol. The monoisotopic (exact) mass is 224 g/mol. The van der Waals surface area contributed by atoms with Crippen molar-refractivity contribution in [2.45, 2.75) is 13.0 Å². The second kappa shape index (κ2) is 3.16. The second-order valence-corrected chi connectivity index (χ2v) is 3.70. The number of ether oxygens (including phenoxy) is 1. The maximum atomic E-state index is 11.6. The van der Waals surface area contributed by atoms with E-state index in [1.54, 1.807) is 0 Å². The van der Waals surface area contributed by atoms with E-state index < -0.39 is 28.4 Å². The summed E-state index contributed by atoms with van der Waals surface area (Å²) in [4.78, 5) is 32.8. The van der Waals surface area contributed by atoms with Gasteiger partial charge in [0.1, 0.15) is 0 Å². The van der Waals surface area contributed by atoms with Gasteiger partial charge in [-0.3, -0.25) is 14.9 Å². The van der Waals surface area contributed by atoms with Gasteiger partial charge in [-0.05, 0) is 6.92 Å². The molecule has 7 nitrogen and oxygen atoms in total. The first-order valence-corrected chi connectivity index (χ1v) is 4.52. The van der Waals surface area contributed by atoms with Gasteiger partial charge in [-0.15, -0.1) is 0 Å². The van der Waals surface area contributed by atoms with Crippen LogP contribution in [0.2, 0.25) is 0 Å². The van der Waals surface area contributed by atoms with Crippen LogP contribution in [-0.4, -0.2) is 23.0 Å². The van der Waals surface area contributed by atoms with E-state index in [4.69, 9.17) is 0 Å². The van der Waals surface area contributed by atoms with E-state index in [1.165, 1.54) is 25.2 Å². The summed E-state index contributed by atoms with van der Waals surface area (Å²) in [5, 5.41) is 13.2. The molecule has 1 aliphatic carbocycles. The minimum absolute atomic E-state index is 0.287. The lowest BCUT2D eigenvalue weighted by Gasteiger charge is -2.36. The fourth-order valence-corrected chi connectivity index (χ4v) is 1.80. The number of carbonyl (C=O) groups is 2. The molecule has 16 heavy (non-hydrogen) atoms. The maximum absolute atomic E-state index is 11.6. The van der Waals surface area contributed by atoms with Crippen molar-refractivity contribution in [3.8, 4) is 0 Å². The van der Waals surface area contributed by atoms with Crippen LogP contribution in [0.15, 0.2) is 23.9 Å². The first-order valence-electron chi connectivity index (χ1n) is 4.52. The van der Waals surface area contributed by atoms with Gasteiger partial charge in [0, 0.05) is 6.08 Å². The van der Waals surface area contributed by atoms with Crippen LogP contribution in [0.25, 0.3) is 0 Å². The molecule has 0 bridgehead atoms. The number of nitrogens with one attached hydrogen (secondary N) is 1. The first-order chi connectivity index (χ1) is 7.46. The number of carbonyl (C=O) groups excluding carboxylic acids is 2. The number of hydrogen-bond donors (Lipinski definition) is 1. The molecule has 1 N–H and O–H groups in total. The van der Waals surface area contributed by atoms with Crippen molar-refractivity contribution in [2.75, 3.05) is 0 Å². The number of nitro groups is 1. The smallest absolute Gasteiger partial charge is 0.375 e. The van der Waals surface area contributed by atoms with E-state index in [0.717, 1.165) is 0 Å². The van der Waals surface area contributed by atoms with Crippen molar-refractivity contribution < 1.29 is 19.2 Å². The molecule has 0 spiro atoms. The number of amides is 1. The minimum Gasteiger partial charge on any atom is -0.375 e. The van der Waals surface area contributed by atoms with E-state index in [-0.39, 0.29) is 5.70 Å². The van der Waals surface area contributed by atoms with Gasteiger partial charge in [-0.1, -0.05) is 12.2 Å². The zero-order valence-corrected chi connectivity index (χ0v) is 8.30. The number of hydrogen-bond acceptors (Lipinski definition) is 5. The van der Waals surface area contributed by atoms with Crippen LogP contribution in [0, 0.1) is 15.5 Å². The number of allylic oxidation sites excluding steroid dienone is 2. The number of fused-ring (bicyclic) bond motifs is 1. The summed E-state index contributed by atoms with van der Waals surface area (Å²) in [6, 6.07) is -0.744. The van der Waals surface area contributed by atoms with Crippen LogP contribution in [0.3, 0.4) is 0 Å². The largest absolute Gasteiger partial charge is 0.415 e. The van der Waals surface area contributed by atoms with Crippen LogP contribution >= 0.6 is 0 Å². The lowest BCUT2D eigenvalue weighted by Crippen LogP contribution is -2.58. The molecule has 1 saturated heterocycles. The lowest BCUT2D eigenvalue weighted by molar-refractivity contribution is -0.439. The first kappa shape index (κ1) is 10.3. The molecule has 0 radical (unpaired) electrons. The van der Waals surface area contributed by atoms with Crippen LogP contribution in [0.5, 0.6) is 0 Å². The van der Waals surface area contributed by atoms with E-state index >= 15 is 0 Å². The molecular formula is C9H8N2O5. The van der Waals surface area contributed by atoms with Gasteiger partial charge in [0.15, 0.2) is 5.41 Å². The number of nitrogens with zero attached hydrogens (tertiary/aromatic N) is 1. The van der Waals surface area contributed by atoms with E-state index in [1.807, 2.05) is 0 Å². The molecule has 0 saturated carbocycles. The summed E-state index contributed by atoms with van der Waals surface area (Å²) in [5.41, 5.74) is -1.75. The van der Waals surface area contributed by atoms with E-state index in [0.29, 0.717) is 0 Å². The Labute approximate surface area is 89.9 Å². The molecule has 1 fully saturated rings. The van der Waals surface area contributed by atoms with E-state index in [2.05, 4.69) is 10.1 Å². The quantitative estimate of drug-likeness (QED) is 0.300. The topological polar surface area (TPSA) is 98.5 Å². The number of esters is 1. The van der Waals surface area contributed by atoms with Gasteiger partial charge >= 0.3 is 12.1 Å². The highest BCUT2D eigenvalue weighted by atomic mass is 16.6. The fourth-order valence-electron chi connectivity index (χ4n) is 1.80. The highest BCUT2D eigenvalue weighted by Crippen LogP contribution is 2.38. The van der Waals surface area contributed by atoms with Crippen LogP contribution < -0.4 is 5.32 Å². The molecule has 2 aliphatic rings. The Bertz CT molecular complexity index is 453. The highest BCUT2D eigenvalue weighted by molar-refractivity contribution is 5.94. The third-order valence-corrected chi connectivity index (χ3v) is 2.79. The summed E-state index contributed by atoms with van der Waals surface area (Å²) in [5.74, 6) is -0.909. The predicted octanol–water partition coefficient (Wildman–Crippen LogP) is 0.358. The standard InChI is InChI=1S/C9H8N2O5/c1-9-5(10-8(13)16-7(9)12)3-2-4-6(9)11(14)15/h2-5H,1H3,(H,10,13). The molecule has 1 amide bonds. The van der Waals surface area contributed by atoms with Crippen molar-refractivity contribution in [1.29, 1.82) is 0 Å². The van der Waals surface area contributed by atoms with Crippen molar-refractivity contribution in [3.63, 3.8) is 0 Å². The Morgan fingerprint density at radius 3 is 2.88 bits per heavy atom. The Balaban J connectivity index is 2.50. The minimum atomic E-state index is -1.47. The fraction of sp³-hybridized carbons (Fsp3) is 0.333. The summed E-state index contributed by atoms with van der Waals surface area (Å²) in [6.07, 6.45) is 3.30. The third kappa shape index (κ3) is 1.21. The summed E-state index contributed by atoms with van der Waals surface area (Å²) >= 11 is 0. The molecule has 0 aromatic rings. The average Bonchev–Trinajstić information content (AvgIpc) is 2.19. The third-order valence-electron chi connectivity index (χ3n) is 2.79. The zero-order chi connectivity index (χ0) is 11.9. The summed E-state index contributed by atoms with van der Waals surface area (Å²) in [7, 11) is 0. The van der Waals surface area contributed by atoms with Crippen molar-refractivity contribution >= 4 is 12.1 Å². The number of rotatable bonds is 1. The Kier molecular flexibility index (Phi) is 2.04. The molecule has 1 heterocycles. The lowest BCUT2D eigenvalue weighted by atomic mass is 9.75. The van der Waals surface area contributed by atoms with Gasteiger partial charge in [-0.2, -0.15) is 0 Å². The highest BCUT2D eigenvalue weighted by Gasteiger charge is 2.56. The molecule has 0 aromatic heterocycles. The maximum Gasteiger partial charge on any atom is 0.415 e. The molecule has 2 atom stereocenters. The molecule has 0 aromatic carbocycles. The molecule has 2 unspecified atom stereocenters. The zero-order valence-electron chi connectivity index (χ0n) is 8.30. The number of alkyl carbamates (subject to hydrolysis) is 1. The van der Waals surface area contributed by atoms with Crippen molar-refractivity contribution in [2.24, 2.45) is 5.41 Å². The Hall–Kier alpha value is -2.18. The predicted molar refractivity (Wildman–Crippen MR) is 50.7 cm³/mol. The van der Waals surface area contributed by atoms with Crippen molar-refractivity contribution in [1.82, 2.24) is 5.32 Å². The van der Waals surface area contributed by atoms with Gasteiger partial charge < -0.3 is 10.1 Å². The van der Waals surface area contributed by atoms with Gasteiger partial charge in [0.2, 0.25) is 0 Å². The van der Waals surface area contributed by atoms with Crippen LogP contribution in [-0.2, 0) is 9.53 Å². The number of cyclic esters (lactones) is 2. The van der Waals surface area contributed by atoms with E-state index in [9.17, 15) is 19.7 Å². The summed E-state index contributed by atoms with van der Waals surface area (Å²) in [6.45, 7) is 1.37. The van der Waals surface area contributed by atoms with Crippen LogP contribution in [0.4, 0.5) is 4.79 Å². The SMILES string of the molecule is CC12C(=O)OC(=O)NC1C=CC=C2[N+](=O)[O-]. The Morgan fingerprint density at radius 2 is 2.25 bits per heavy atom. The molecule has 2 rings (SSSR count). The Morgan fingerprint density at radius 1 is 1.56 bits per heavy atom. The summed E-state index contributed by atoms with van der Waals surface area (Å²) < 4.78 is 4.37. The van der Waals surface area contributed by atoms with Crippen molar-refractivity contribution in [3.05, 3.63) is 34.0 Å². The van der Waals surface area contributed by atoms with Gasteiger partial charge in [0.05, 0.1) is 11.0 Å². The molecule has 1 aliphatic heterocycles. The van der Waals surface area contributed by atoms with Crippen LogP contribution in [0.1, 0.15) is 6.92 Å². The average molecular weight is 224 g/mol. The molecule has 7 heteroatoms. The second-order valence-electron chi connectivity index (χ2n) is 3.70. The molecule has 84 valence electrons. The normalized spacial score (nSPS) is 32.3. The van der Waals surface area contributed by atoms with Gasteiger partial charge in [-0.25, -0.2) is 4.79 Å².